The van der Waals surface area contributed by atoms with Crippen molar-refractivity contribution in [1.82, 2.24) is 4.90 Å². The van der Waals surface area contributed by atoms with E-state index in [4.69, 9.17) is 21.7 Å². The van der Waals surface area contributed by atoms with Crippen LogP contribution in [0.5, 0.6) is 5.75 Å². The van der Waals surface area contributed by atoms with E-state index in [0.717, 1.165) is 67.4 Å². The van der Waals surface area contributed by atoms with Gasteiger partial charge in [0, 0.05) is 31.1 Å². The zero-order valence-corrected chi connectivity index (χ0v) is 20.4. The molecule has 1 aromatic carbocycles. The van der Waals surface area contributed by atoms with E-state index >= 15 is 0 Å². The van der Waals surface area contributed by atoms with Gasteiger partial charge in [0.1, 0.15) is 10.8 Å². The number of fused-ring (bicyclic) bond motifs is 1. The molecule has 1 aliphatic heterocycles. The zero-order chi connectivity index (χ0) is 22.5. The number of esters is 1. The van der Waals surface area contributed by atoms with Gasteiger partial charge < -0.3 is 24.6 Å². The molecule has 4 rings (SSSR count). The van der Waals surface area contributed by atoms with Crippen LogP contribution in [0.1, 0.15) is 47.5 Å². The topological polar surface area (TPSA) is 54.0 Å². The summed E-state index contributed by atoms with van der Waals surface area (Å²) in [5, 5.41) is 4.91. The fourth-order valence-electron chi connectivity index (χ4n) is 4.40. The van der Waals surface area contributed by atoms with Crippen molar-refractivity contribution in [2.45, 2.75) is 39.5 Å². The Balaban J connectivity index is 1.44. The minimum atomic E-state index is -0.241. The summed E-state index contributed by atoms with van der Waals surface area (Å²) in [6.07, 6.45) is 4.25. The van der Waals surface area contributed by atoms with Gasteiger partial charge in [-0.1, -0.05) is 12.1 Å². The number of carbonyl (C=O) groups excluding carboxylic acids is 1. The van der Waals surface area contributed by atoms with Crippen LogP contribution in [-0.4, -0.2) is 55.4 Å². The molecule has 0 saturated carbocycles. The zero-order valence-electron chi connectivity index (χ0n) is 18.8. The average Bonchev–Trinajstić information content (AvgIpc) is 3.18. The molecule has 1 aliphatic carbocycles. The predicted molar refractivity (Wildman–Crippen MR) is 135 cm³/mol. The van der Waals surface area contributed by atoms with Gasteiger partial charge in [-0.25, -0.2) is 4.79 Å². The molecule has 1 N–H and O–H groups in total. The molecule has 0 radical (unpaired) electrons. The third kappa shape index (κ3) is 4.86. The van der Waals surface area contributed by atoms with Crippen LogP contribution in [0.25, 0.3) is 0 Å². The Labute approximate surface area is 199 Å². The molecular weight excluding hydrogens is 442 g/mol. The minimum absolute atomic E-state index is 0.241. The SMILES string of the molecule is CCOC(=O)c1c(NC(=S)N2CCN(c3ccccc3OCC)CC2)sc2c1CCCC2. The molecular formula is C24H31N3O3S2. The van der Waals surface area contributed by atoms with Gasteiger partial charge in [-0.05, 0) is 69.4 Å². The molecule has 2 aliphatic rings. The molecule has 6 nitrogen and oxygen atoms in total. The largest absolute Gasteiger partial charge is 0.492 e. The standard InChI is InChI=1S/C24H31N3O3S2/c1-3-29-19-11-7-6-10-18(19)26-13-15-27(16-14-26)24(31)25-22-21(23(28)30-4-2)17-9-5-8-12-20(17)32-22/h6-7,10-11H,3-5,8-9,12-16H2,1-2H3,(H,25,31). The lowest BCUT2D eigenvalue weighted by molar-refractivity contribution is 0.0526. The van der Waals surface area contributed by atoms with Gasteiger partial charge in [0.05, 0.1) is 24.5 Å². The number of anilines is 2. The number of ether oxygens (including phenoxy) is 2. The lowest BCUT2D eigenvalue weighted by Crippen LogP contribution is -2.50. The number of nitrogens with one attached hydrogen (secondary N) is 1. The van der Waals surface area contributed by atoms with Crippen LogP contribution in [0.3, 0.4) is 0 Å². The number of hydrogen-bond acceptors (Lipinski definition) is 6. The number of thiophene rings is 1. The summed E-state index contributed by atoms with van der Waals surface area (Å²) in [7, 11) is 0. The normalized spacial score (nSPS) is 15.8. The monoisotopic (exact) mass is 473 g/mol. The Hall–Kier alpha value is -2.32. The van der Waals surface area contributed by atoms with Crippen LogP contribution >= 0.6 is 23.6 Å². The number of piperazine rings is 1. The van der Waals surface area contributed by atoms with E-state index in [2.05, 4.69) is 21.2 Å². The quantitative estimate of drug-likeness (QED) is 0.481. The van der Waals surface area contributed by atoms with Crippen LogP contribution in [-0.2, 0) is 17.6 Å². The van der Waals surface area contributed by atoms with E-state index in [1.165, 1.54) is 11.3 Å². The van der Waals surface area contributed by atoms with Crippen molar-refractivity contribution in [2.75, 3.05) is 49.6 Å². The van der Waals surface area contributed by atoms with Crippen molar-refractivity contribution in [3.63, 3.8) is 0 Å². The van der Waals surface area contributed by atoms with Crippen LogP contribution in [0.2, 0.25) is 0 Å². The second-order valence-electron chi connectivity index (χ2n) is 7.94. The van der Waals surface area contributed by atoms with Crippen molar-refractivity contribution in [3.8, 4) is 5.75 Å². The summed E-state index contributed by atoms with van der Waals surface area (Å²) < 4.78 is 11.2. The number of benzene rings is 1. The molecule has 2 aromatic rings. The van der Waals surface area contributed by atoms with Crippen molar-refractivity contribution in [2.24, 2.45) is 0 Å². The fraction of sp³-hybridized carbons (Fsp3) is 0.500. The van der Waals surface area contributed by atoms with E-state index < -0.39 is 0 Å². The first-order valence-corrected chi connectivity index (χ1v) is 12.7. The van der Waals surface area contributed by atoms with E-state index in [0.29, 0.717) is 23.9 Å². The number of carbonyl (C=O) groups is 1. The maximum Gasteiger partial charge on any atom is 0.341 e. The number of rotatable bonds is 6. The number of hydrogen-bond donors (Lipinski definition) is 1. The Bertz CT molecular complexity index is 967. The molecule has 0 amide bonds. The van der Waals surface area contributed by atoms with Gasteiger partial charge in [-0.2, -0.15) is 0 Å². The highest BCUT2D eigenvalue weighted by Crippen LogP contribution is 2.39. The van der Waals surface area contributed by atoms with Gasteiger partial charge in [0.15, 0.2) is 5.11 Å². The van der Waals surface area contributed by atoms with Crippen molar-refractivity contribution >= 4 is 45.3 Å². The first kappa shape index (κ1) is 22.9. The summed E-state index contributed by atoms with van der Waals surface area (Å²) in [6.45, 7) is 8.22. The van der Waals surface area contributed by atoms with Crippen molar-refractivity contribution < 1.29 is 14.3 Å². The molecule has 0 spiro atoms. The molecule has 32 heavy (non-hydrogen) atoms. The van der Waals surface area contributed by atoms with E-state index in [9.17, 15) is 4.79 Å². The smallest absolute Gasteiger partial charge is 0.341 e. The van der Waals surface area contributed by atoms with Gasteiger partial charge in [0.25, 0.3) is 0 Å². The van der Waals surface area contributed by atoms with Crippen molar-refractivity contribution in [3.05, 3.63) is 40.3 Å². The third-order valence-electron chi connectivity index (χ3n) is 5.94. The molecule has 1 saturated heterocycles. The Kier molecular flexibility index (Phi) is 7.52. The van der Waals surface area contributed by atoms with Crippen LogP contribution in [0.4, 0.5) is 10.7 Å². The molecule has 1 aromatic heterocycles. The lowest BCUT2D eigenvalue weighted by Gasteiger charge is -2.37. The molecule has 2 heterocycles. The third-order valence-corrected chi connectivity index (χ3v) is 7.51. The molecule has 8 heteroatoms. The average molecular weight is 474 g/mol. The predicted octanol–water partition coefficient (Wildman–Crippen LogP) is 4.72. The number of aryl methyl sites for hydroxylation is 1. The number of nitrogens with zero attached hydrogens (tertiary/aromatic N) is 2. The maximum absolute atomic E-state index is 12.7. The summed E-state index contributed by atoms with van der Waals surface area (Å²) in [4.78, 5) is 18.5. The Morgan fingerprint density at radius 2 is 1.84 bits per heavy atom. The summed E-state index contributed by atoms with van der Waals surface area (Å²) >= 11 is 7.42. The first-order chi connectivity index (χ1) is 15.6. The minimum Gasteiger partial charge on any atom is -0.492 e. The highest BCUT2D eigenvalue weighted by Gasteiger charge is 2.28. The fourth-order valence-corrected chi connectivity index (χ4v) is 6.02. The van der Waals surface area contributed by atoms with Gasteiger partial charge >= 0.3 is 5.97 Å². The van der Waals surface area contributed by atoms with Crippen molar-refractivity contribution in [1.29, 1.82) is 0 Å². The van der Waals surface area contributed by atoms with E-state index in [1.807, 2.05) is 32.0 Å². The second-order valence-corrected chi connectivity index (χ2v) is 9.43. The molecule has 0 atom stereocenters. The Morgan fingerprint density at radius 3 is 2.59 bits per heavy atom. The summed E-state index contributed by atoms with van der Waals surface area (Å²) in [6, 6.07) is 8.18. The Morgan fingerprint density at radius 1 is 1.09 bits per heavy atom. The van der Waals surface area contributed by atoms with Crippen LogP contribution < -0.4 is 15.0 Å². The maximum atomic E-state index is 12.7. The molecule has 172 valence electrons. The van der Waals surface area contributed by atoms with Crippen LogP contribution in [0, 0.1) is 0 Å². The molecule has 1 fully saturated rings. The van der Waals surface area contributed by atoms with Gasteiger partial charge in [-0.3, -0.25) is 0 Å². The second kappa shape index (κ2) is 10.5. The lowest BCUT2D eigenvalue weighted by atomic mass is 9.95. The molecule has 0 bridgehead atoms. The summed E-state index contributed by atoms with van der Waals surface area (Å²) in [5.74, 6) is 0.682. The number of para-hydroxylation sites is 2. The van der Waals surface area contributed by atoms with E-state index in [1.54, 1.807) is 11.3 Å². The van der Waals surface area contributed by atoms with Crippen LogP contribution in [0.15, 0.2) is 24.3 Å². The highest BCUT2D eigenvalue weighted by atomic mass is 32.1. The summed E-state index contributed by atoms with van der Waals surface area (Å²) in [5.41, 5.74) is 2.98. The number of thiocarbonyl (C=S) groups is 1. The molecule has 0 unspecified atom stereocenters. The van der Waals surface area contributed by atoms with E-state index in [-0.39, 0.29) is 5.97 Å². The highest BCUT2D eigenvalue weighted by molar-refractivity contribution is 7.80. The van der Waals surface area contributed by atoms with Gasteiger partial charge in [-0.15, -0.1) is 11.3 Å². The van der Waals surface area contributed by atoms with Gasteiger partial charge in [0.2, 0.25) is 0 Å². The first-order valence-electron chi connectivity index (χ1n) is 11.5.